The second-order valence-corrected chi connectivity index (χ2v) is 15.9. The highest BCUT2D eigenvalue weighted by Gasteiger charge is 2.51. The maximum absolute atomic E-state index is 12.1. The summed E-state index contributed by atoms with van der Waals surface area (Å²) >= 11 is 0. The van der Waals surface area contributed by atoms with Crippen molar-refractivity contribution in [2.45, 2.75) is 51.8 Å². The van der Waals surface area contributed by atoms with Gasteiger partial charge in [-0.05, 0) is 64.1 Å². The van der Waals surface area contributed by atoms with Crippen molar-refractivity contribution in [1.82, 2.24) is 15.3 Å². The molecule has 244 valence electrons. The number of hydroxylamine groups is 2. The number of alkyl carbamates (subject to hydrolysis) is 1. The molecule has 3 aromatic rings. The predicted octanol–water partition coefficient (Wildman–Crippen LogP) is 3.86. The van der Waals surface area contributed by atoms with E-state index in [0.717, 1.165) is 0 Å². The van der Waals surface area contributed by atoms with Gasteiger partial charge in [0.2, 0.25) is 10.4 Å². The second kappa shape index (κ2) is 14.6. The molecule has 2 aliphatic heterocycles. The maximum Gasteiger partial charge on any atom is 0.407 e. The Bertz CT molecular complexity index is 1550. The first-order chi connectivity index (χ1) is 21.7. The van der Waals surface area contributed by atoms with Gasteiger partial charge in [0.05, 0.1) is 18.4 Å². The van der Waals surface area contributed by atoms with Crippen LogP contribution < -0.4 is 21.2 Å². The lowest BCUT2D eigenvalue weighted by molar-refractivity contribution is -0.131. The molecule has 2 aliphatic rings. The molecule has 1 N–H and O–H groups in total. The van der Waals surface area contributed by atoms with Gasteiger partial charge in [0, 0.05) is 13.0 Å². The first-order valence-electron chi connectivity index (χ1n) is 14.7. The lowest BCUT2D eigenvalue weighted by Crippen LogP contribution is -2.50. The van der Waals surface area contributed by atoms with Crippen molar-refractivity contribution >= 4 is 51.5 Å². The molecule has 2 atom stereocenters. The Kier molecular flexibility index (Phi) is 11.0. The molecule has 46 heavy (non-hydrogen) atoms. The number of urea groups is 1. The first kappa shape index (κ1) is 34.8. The number of rotatable bonds is 8. The van der Waals surface area contributed by atoms with Gasteiger partial charge in [-0.1, -0.05) is 60.7 Å². The number of ketones is 1. The lowest BCUT2D eigenvalue weighted by Gasteiger charge is -2.30. The number of fused-ring (bicyclic) bond motifs is 2. The van der Waals surface area contributed by atoms with Crippen LogP contribution in [0.2, 0.25) is 0 Å². The van der Waals surface area contributed by atoms with Crippen molar-refractivity contribution in [3.05, 3.63) is 103 Å². The van der Waals surface area contributed by atoms with Crippen molar-refractivity contribution in [2.24, 2.45) is 0 Å². The Labute approximate surface area is 270 Å². The van der Waals surface area contributed by atoms with E-state index >= 15 is 0 Å². The topological polar surface area (TPSA) is 145 Å². The van der Waals surface area contributed by atoms with E-state index in [4.69, 9.17) is 4.74 Å². The highest BCUT2D eigenvalue weighted by Crippen LogP contribution is 2.56. The molecule has 0 aliphatic carbocycles. The van der Waals surface area contributed by atoms with Crippen LogP contribution in [0.4, 0.5) is 9.59 Å². The minimum absolute atomic E-state index is 0.0585. The SMILES string of the molecule is CC(C)(C)OC(=O)NC[C@@H]1CC(=O)[C@@H]2CN1C(=O)N2OS(=O)(=O)[O-].CC=C[P+](c1ccccc1)(c1ccccc1)c1ccccc1. The van der Waals surface area contributed by atoms with Crippen LogP contribution in [0, 0.1) is 0 Å². The number of ether oxygens (including phenoxy) is 1. The molecule has 5 rings (SSSR count). The number of hydrogen-bond acceptors (Lipinski definition) is 8. The van der Waals surface area contributed by atoms with E-state index in [9.17, 15) is 27.4 Å². The van der Waals surface area contributed by atoms with E-state index in [0.29, 0.717) is 0 Å². The van der Waals surface area contributed by atoms with Gasteiger partial charge in [0.1, 0.15) is 34.8 Å². The van der Waals surface area contributed by atoms with Gasteiger partial charge in [-0.2, -0.15) is 9.35 Å². The molecule has 3 aromatic carbocycles. The smallest absolute Gasteiger partial charge is 0.407 e. The predicted molar refractivity (Wildman–Crippen MR) is 176 cm³/mol. The zero-order chi connectivity index (χ0) is 33.5. The summed E-state index contributed by atoms with van der Waals surface area (Å²) in [4.78, 5) is 37.0. The van der Waals surface area contributed by atoms with E-state index < -0.39 is 53.3 Å². The fourth-order valence-electron chi connectivity index (χ4n) is 5.41. The summed E-state index contributed by atoms with van der Waals surface area (Å²) in [5.74, 6) is 1.95. The van der Waals surface area contributed by atoms with Crippen molar-refractivity contribution in [3.8, 4) is 0 Å². The molecule has 13 heteroatoms. The third kappa shape index (κ3) is 8.38. The van der Waals surface area contributed by atoms with E-state index in [-0.39, 0.29) is 24.6 Å². The zero-order valence-electron chi connectivity index (χ0n) is 26.1. The number of benzene rings is 3. The van der Waals surface area contributed by atoms with Gasteiger partial charge in [0.25, 0.3) is 0 Å². The van der Waals surface area contributed by atoms with Crippen LogP contribution in [-0.2, 0) is 24.2 Å². The Balaban J connectivity index is 0.000000209. The fraction of sp³-hybridized carbons (Fsp3) is 0.303. The minimum atomic E-state index is -5.18. The summed E-state index contributed by atoms with van der Waals surface area (Å²) in [7, 11) is -6.91. The molecule has 2 fully saturated rings. The van der Waals surface area contributed by atoms with Crippen LogP contribution in [0.5, 0.6) is 0 Å². The van der Waals surface area contributed by atoms with Crippen LogP contribution in [0.25, 0.3) is 0 Å². The molecule has 0 radical (unpaired) electrons. The van der Waals surface area contributed by atoms with Crippen molar-refractivity contribution in [2.75, 3.05) is 13.1 Å². The fourth-order valence-corrected chi connectivity index (χ4v) is 9.56. The average Bonchev–Trinajstić information content (AvgIpc) is 3.29. The zero-order valence-corrected chi connectivity index (χ0v) is 27.8. The van der Waals surface area contributed by atoms with Gasteiger partial charge in [-0.25, -0.2) is 18.0 Å². The van der Waals surface area contributed by atoms with Crippen LogP contribution in [0.1, 0.15) is 34.1 Å². The van der Waals surface area contributed by atoms with Crippen molar-refractivity contribution in [1.29, 1.82) is 0 Å². The number of amides is 3. The Morgan fingerprint density at radius 2 is 1.41 bits per heavy atom. The number of carbonyl (C=O) groups is 3. The summed E-state index contributed by atoms with van der Waals surface area (Å²) < 4.78 is 41.2. The number of carbonyl (C=O) groups excluding carboxylic acids is 3. The first-order valence-corrected chi connectivity index (χ1v) is 17.9. The largest absolute Gasteiger partial charge is 0.724 e. The molecule has 0 aromatic heterocycles. The van der Waals surface area contributed by atoms with Gasteiger partial charge in [-0.15, -0.1) is 0 Å². The summed E-state index contributed by atoms with van der Waals surface area (Å²) in [6.45, 7) is 6.99. The summed E-state index contributed by atoms with van der Waals surface area (Å²) in [5.41, 5.74) is -0.700. The molecule has 2 heterocycles. The Morgan fingerprint density at radius 1 is 0.935 bits per heavy atom. The van der Waals surface area contributed by atoms with E-state index in [1.165, 1.54) is 20.8 Å². The number of allylic oxidation sites excluding steroid dienone is 1. The molecule has 2 bridgehead atoms. The van der Waals surface area contributed by atoms with Gasteiger partial charge < -0.3 is 19.5 Å². The van der Waals surface area contributed by atoms with E-state index in [1.807, 2.05) is 0 Å². The molecular weight excluding hydrogens is 629 g/mol. The average molecular weight is 668 g/mol. The molecule has 11 nitrogen and oxygen atoms in total. The van der Waals surface area contributed by atoms with E-state index in [1.54, 1.807) is 20.8 Å². The second-order valence-electron chi connectivity index (χ2n) is 11.7. The van der Waals surface area contributed by atoms with Gasteiger partial charge in [-0.3, -0.25) is 4.79 Å². The number of nitrogens with zero attached hydrogens (tertiary/aromatic N) is 2. The number of nitrogens with one attached hydrogen (secondary N) is 1. The molecular formula is C33H38N3O8PS. The van der Waals surface area contributed by atoms with Crippen molar-refractivity contribution < 1.29 is 36.4 Å². The maximum atomic E-state index is 12.1. The molecule has 0 spiro atoms. The number of piperidine rings is 1. The summed E-state index contributed by atoms with van der Waals surface area (Å²) in [6, 6.07) is 29.9. The normalized spacial score (nSPS) is 18.3. The third-order valence-electron chi connectivity index (χ3n) is 7.25. The highest BCUT2D eigenvalue weighted by atomic mass is 32.3. The van der Waals surface area contributed by atoms with Crippen LogP contribution in [0.15, 0.2) is 103 Å². The lowest BCUT2D eigenvalue weighted by atomic mass is 9.99. The summed E-state index contributed by atoms with van der Waals surface area (Å²) in [6.07, 6.45) is 1.38. The molecule has 0 saturated carbocycles. The van der Waals surface area contributed by atoms with Crippen molar-refractivity contribution in [3.63, 3.8) is 0 Å². The third-order valence-corrected chi connectivity index (χ3v) is 11.7. The van der Waals surface area contributed by atoms with Gasteiger partial charge in [0.15, 0.2) is 5.78 Å². The minimum Gasteiger partial charge on any atom is -0.724 e. The highest BCUT2D eigenvalue weighted by molar-refractivity contribution is 7.98. The summed E-state index contributed by atoms with van der Waals surface area (Å²) in [5, 5.41) is 6.91. The Hall–Kier alpha value is -4.09. The van der Waals surface area contributed by atoms with E-state index in [2.05, 4.69) is 119 Å². The van der Waals surface area contributed by atoms with Crippen LogP contribution in [0.3, 0.4) is 0 Å². The van der Waals surface area contributed by atoms with Gasteiger partial charge >= 0.3 is 12.1 Å². The molecule has 0 unspecified atom stereocenters. The quantitative estimate of drug-likeness (QED) is 0.217. The molecule has 2 saturated heterocycles. The van der Waals surface area contributed by atoms with Crippen LogP contribution in [-0.4, -0.2) is 71.6 Å². The number of hydrogen-bond donors (Lipinski definition) is 1. The monoisotopic (exact) mass is 667 g/mol. The van der Waals surface area contributed by atoms with Crippen LogP contribution >= 0.6 is 7.26 Å². The molecule has 3 amide bonds. The number of Topliss-reactive ketones (excluding diaryl/α,β-unsaturated/α-hetero) is 1. The standard InChI is InChI=1S/C21H20P.C12H19N3O8S/c1-2-18-22(19-12-6-3-7-13-19,20-14-8-4-9-15-20)21-16-10-5-11-17-21;1-12(2,3)22-10(17)13-5-7-4-9(16)8-6-14(7)11(18)15(8)23-24(19,20)21/h2-18H,1H3;7-8H,4-6H2,1-3H3,(H,13,17)(H,19,20,21)/q+1;/p-1/t;7-,8-/m.0/s1. The Morgan fingerprint density at radius 3 is 1.83 bits per heavy atom.